The second-order valence-corrected chi connectivity index (χ2v) is 7.19. The van der Waals surface area contributed by atoms with E-state index in [1.807, 2.05) is 43.0 Å². The van der Waals surface area contributed by atoms with Crippen LogP contribution >= 0.6 is 11.6 Å². The fourth-order valence-corrected chi connectivity index (χ4v) is 3.98. The average Bonchev–Trinajstić information content (AvgIpc) is 2.78. The maximum atomic E-state index is 13.0. The molecule has 0 saturated carbocycles. The largest absolute Gasteiger partial charge is 0.340 e. The van der Waals surface area contributed by atoms with Gasteiger partial charge in [-0.15, -0.1) is 0 Å². The third-order valence-electron chi connectivity index (χ3n) is 4.89. The Hall–Kier alpha value is -1.06. The van der Waals surface area contributed by atoms with E-state index in [1.54, 1.807) is 0 Å². The summed E-state index contributed by atoms with van der Waals surface area (Å²) < 4.78 is 0. The van der Waals surface area contributed by atoms with Crippen molar-refractivity contribution in [3.63, 3.8) is 0 Å². The lowest BCUT2D eigenvalue weighted by Crippen LogP contribution is -2.47. The molecule has 2 aliphatic rings. The minimum Gasteiger partial charge on any atom is -0.340 e. The van der Waals surface area contributed by atoms with Crippen LogP contribution in [0.25, 0.3) is 0 Å². The molecule has 3 rings (SSSR count). The van der Waals surface area contributed by atoms with E-state index in [0.717, 1.165) is 25.1 Å². The summed E-state index contributed by atoms with van der Waals surface area (Å²) in [6, 6.07) is 8.73. The molecule has 21 heavy (non-hydrogen) atoms. The summed E-state index contributed by atoms with van der Waals surface area (Å²) in [7, 11) is 0. The number of benzene rings is 1. The van der Waals surface area contributed by atoms with E-state index in [2.05, 4.69) is 5.32 Å². The topological polar surface area (TPSA) is 32.3 Å². The second kappa shape index (κ2) is 5.62. The van der Waals surface area contributed by atoms with Crippen LogP contribution < -0.4 is 5.32 Å². The zero-order valence-corrected chi connectivity index (χ0v) is 13.5. The first-order chi connectivity index (χ1) is 9.98. The molecule has 1 N–H and O–H groups in total. The Labute approximate surface area is 131 Å². The third-order valence-corrected chi connectivity index (χ3v) is 5.22. The number of nitrogens with zero attached hydrogens (tertiary/aromatic N) is 1. The molecule has 0 spiro atoms. The van der Waals surface area contributed by atoms with Gasteiger partial charge in [-0.25, -0.2) is 0 Å². The van der Waals surface area contributed by atoms with Crippen molar-refractivity contribution in [1.82, 2.24) is 10.2 Å². The van der Waals surface area contributed by atoms with Crippen LogP contribution in [-0.2, 0) is 10.2 Å². The molecule has 2 unspecified atom stereocenters. The summed E-state index contributed by atoms with van der Waals surface area (Å²) in [5, 5.41) is 4.29. The first-order valence-corrected chi connectivity index (χ1v) is 8.16. The minimum atomic E-state index is -0.581. The lowest BCUT2D eigenvalue weighted by Gasteiger charge is -2.33. The van der Waals surface area contributed by atoms with Gasteiger partial charge in [-0.05, 0) is 44.7 Å². The molecule has 2 aliphatic heterocycles. The second-order valence-electron chi connectivity index (χ2n) is 6.78. The van der Waals surface area contributed by atoms with Crippen LogP contribution in [0.2, 0.25) is 5.02 Å². The van der Waals surface area contributed by atoms with Gasteiger partial charge in [0, 0.05) is 30.2 Å². The summed E-state index contributed by atoms with van der Waals surface area (Å²) in [4.78, 5) is 15.1. The standard InChI is InChI=1S/C17H23ClN2O/c1-17(2,14-5-3-4-6-15(14)18)16(21)20-10-9-12-7-8-13(11-20)19-12/h3-6,12-13,19H,7-11H2,1-2H3. The van der Waals surface area contributed by atoms with Gasteiger partial charge in [0.2, 0.25) is 5.91 Å². The Morgan fingerprint density at radius 1 is 1.24 bits per heavy atom. The molecule has 114 valence electrons. The van der Waals surface area contributed by atoms with Crippen LogP contribution in [0.15, 0.2) is 24.3 Å². The number of rotatable bonds is 2. The van der Waals surface area contributed by atoms with Crippen molar-refractivity contribution >= 4 is 17.5 Å². The summed E-state index contributed by atoms with van der Waals surface area (Å²) in [5.74, 6) is 0.185. The van der Waals surface area contributed by atoms with Crippen LogP contribution in [0.1, 0.15) is 38.7 Å². The quantitative estimate of drug-likeness (QED) is 0.911. The number of nitrogens with one attached hydrogen (secondary N) is 1. The van der Waals surface area contributed by atoms with E-state index in [4.69, 9.17) is 11.6 Å². The molecule has 3 nitrogen and oxygen atoms in total. The number of hydrogen-bond acceptors (Lipinski definition) is 2. The molecule has 2 saturated heterocycles. The van der Waals surface area contributed by atoms with Crippen molar-refractivity contribution in [2.45, 2.75) is 50.6 Å². The molecule has 0 aromatic heterocycles. The number of carbonyl (C=O) groups excluding carboxylic acids is 1. The van der Waals surface area contributed by atoms with Gasteiger partial charge < -0.3 is 10.2 Å². The highest BCUT2D eigenvalue weighted by Crippen LogP contribution is 2.32. The first kappa shape index (κ1) is 14.9. The Bertz CT molecular complexity index is 543. The van der Waals surface area contributed by atoms with Crippen LogP contribution in [0.5, 0.6) is 0 Å². The zero-order valence-electron chi connectivity index (χ0n) is 12.7. The molecule has 2 atom stereocenters. The highest BCUT2D eigenvalue weighted by Gasteiger charge is 2.38. The molecule has 2 fully saturated rings. The van der Waals surface area contributed by atoms with Crippen LogP contribution in [0.4, 0.5) is 0 Å². The molecular weight excluding hydrogens is 284 g/mol. The summed E-state index contributed by atoms with van der Waals surface area (Å²) in [6.45, 7) is 5.63. The van der Waals surface area contributed by atoms with E-state index in [-0.39, 0.29) is 5.91 Å². The van der Waals surface area contributed by atoms with Gasteiger partial charge in [-0.3, -0.25) is 4.79 Å². The molecule has 2 heterocycles. The predicted molar refractivity (Wildman–Crippen MR) is 85.6 cm³/mol. The summed E-state index contributed by atoms with van der Waals surface area (Å²) >= 11 is 6.30. The number of carbonyl (C=O) groups is 1. The van der Waals surface area contributed by atoms with E-state index < -0.39 is 5.41 Å². The van der Waals surface area contributed by atoms with Crippen molar-refractivity contribution in [2.75, 3.05) is 13.1 Å². The highest BCUT2D eigenvalue weighted by atomic mass is 35.5. The van der Waals surface area contributed by atoms with Crippen molar-refractivity contribution in [1.29, 1.82) is 0 Å². The fraction of sp³-hybridized carbons (Fsp3) is 0.588. The fourth-order valence-electron chi connectivity index (χ4n) is 3.61. The van der Waals surface area contributed by atoms with E-state index in [9.17, 15) is 4.79 Å². The maximum Gasteiger partial charge on any atom is 0.232 e. The Morgan fingerprint density at radius 2 is 1.95 bits per heavy atom. The van der Waals surface area contributed by atoms with Crippen molar-refractivity contribution in [3.8, 4) is 0 Å². The van der Waals surface area contributed by atoms with Gasteiger partial charge in [-0.2, -0.15) is 0 Å². The molecule has 1 aromatic rings. The van der Waals surface area contributed by atoms with Gasteiger partial charge >= 0.3 is 0 Å². The molecule has 0 radical (unpaired) electrons. The number of hydrogen-bond donors (Lipinski definition) is 1. The van der Waals surface area contributed by atoms with Crippen molar-refractivity contribution < 1.29 is 4.79 Å². The number of fused-ring (bicyclic) bond motifs is 2. The van der Waals surface area contributed by atoms with Gasteiger partial charge in [0.05, 0.1) is 5.41 Å². The van der Waals surface area contributed by atoms with Crippen LogP contribution in [0.3, 0.4) is 0 Å². The molecular formula is C17H23ClN2O. The maximum absolute atomic E-state index is 13.0. The molecule has 4 heteroatoms. The van der Waals surface area contributed by atoms with Crippen LogP contribution in [-0.4, -0.2) is 36.0 Å². The SMILES string of the molecule is CC(C)(C(=O)N1CCC2CCC(C1)N2)c1ccccc1Cl. The molecule has 2 bridgehead atoms. The highest BCUT2D eigenvalue weighted by molar-refractivity contribution is 6.31. The summed E-state index contributed by atoms with van der Waals surface area (Å²) in [6.07, 6.45) is 3.49. The Balaban J connectivity index is 1.82. The molecule has 0 aliphatic carbocycles. The van der Waals surface area contributed by atoms with Gasteiger partial charge in [0.1, 0.15) is 0 Å². The van der Waals surface area contributed by atoms with Gasteiger partial charge in [0.25, 0.3) is 0 Å². The Morgan fingerprint density at radius 3 is 2.71 bits per heavy atom. The predicted octanol–water partition coefficient (Wildman–Crippen LogP) is 2.97. The monoisotopic (exact) mass is 306 g/mol. The van der Waals surface area contributed by atoms with E-state index in [1.165, 1.54) is 12.8 Å². The number of likely N-dealkylation sites (tertiary alicyclic amines) is 1. The number of amides is 1. The van der Waals surface area contributed by atoms with Gasteiger partial charge in [-0.1, -0.05) is 29.8 Å². The number of halogens is 1. The van der Waals surface area contributed by atoms with E-state index >= 15 is 0 Å². The lowest BCUT2D eigenvalue weighted by atomic mass is 9.83. The molecule has 1 aromatic carbocycles. The molecule has 1 amide bonds. The normalized spacial score (nSPS) is 25.8. The first-order valence-electron chi connectivity index (χ1n) is 7.79. The van der Waals surface area contributed by atoms with Crippen molar-refractivity contribution in [3.05, 3.63) is 34.9 Å². The smallest absolute Gasteiger partial charge is 0.232 e. The van der Waals surface area contributed by atoms with Crippen molar-refractivity contribution in [2.24, 2.45) is 0 Å². The van der Waals surface area contributed by atoms with Gasteiger partial charge in [0.15, 0.2) is 0 Å². The minimum absolute atomic E-state index is 0.185. The van der Waals surface area contributed by atoms with E-state index in [0.29, 0.717) is 17.1 Å². The Kier molecular flexibility index (Phi) is 3.98. The summed E-state index contributed by atoms with van der Waals surface area (Å²) in [5.41, 5.74) is 0.334. The van der Waals surface area contributed by atoms with Crippen LogP contribution in [0, 0.1) is 0 Å². The average molecular weight is 307 g/mol. The zero-order chi connectivity index (χ0) is 15.0. The third kappa shape index (κ3) is 2.82. The lowest BCUT2D eigenvalue weighted by molar-refractivity contribution is -0.136.